The number of amides is 1. The van der Waals surface area contributed by atoms with Crippen LogP contribution in [0.15, 0.2) is 47.0 Å². The third kappa shape index (κ3) is 3.90. The Labute approximate surface area is 135 Å². The van der Waals surface area contributed by atoms with Gasteiger partial charge in [0.15, 0.2) is 5.76 Å². The number of likely N-dealkylation sites (N-methyl/N-ethyl adjacent to an activating group) is 1. The molecule has 1 amide bonds. The molecule has 0 aromatic carbocycles. The Hall–Kier alpha value is -2.34. The lowest BCUT2D eigenvalue weighted by Gasteiger charge is -2.28. The number of nitrogens with one attached hydrogen (secondary N) is 1. The normalized spacial score (nSPS) is 15.4. The number of nitrogens with zero attached hydrogens (tertiary/aromatic N) is 3. The fourth-order valence-corrected chi connectivity index (χ4v) is 2.78. The van der Waals surface area contributed by atoms with Crippen molar-refractivity contribution in [3.8, 4) is 0 Å². The molecule has 6 heteroatoms. The van der Waals surface area contributed by atoms with Gasteiger partial charge in [0, 0.05) is 44.6 Å². The summed E-state index contributed by atoms with van der Waals surface area (Å²) >= 11 is 0. The van der Waals surface area contributed by atoms with E-state index in [0.29, 0.717) is 18.8 Å². The number of hydrogen-bond acceptors (Lipinski definition) is 4. The molecular weight excluding hydrogens is 292 g/mol. The molecule has 23 heavy (non-hydrogen) atoms. The molecule has 122 valence electrons. The second-order valence-electron chi connectivity index (χ2n) is 5.72. The smallest absolute Gasteiger partial charge is 0.289 e. The third-order valence-electron chi connectivity index (χ3n) is 4.13. The summed E-state index contributed by atoms with van der Waals surface area (Å²) in [7, 11) is 0. The highest BCUT2D eigenvalue weighted by Gasteiger charge is 2.20. The van der Waals surface area contributed by atoms with Gasteiger partial charge >= 0.3 is 0 Å². The Morgan fingerprint density at radius 2 is 2.43 bits per heavy atom. The summed E-state index contributed by atoms with van der Waals surface area (Å²) in [5, 5.41) is 0. The minimum absolute atomic E-state index is 0.0433. The Morgan fingerprint density at radius 1 is 1.52 bits per heavy atom. The van der Waals surface area contributed by atoms with E-state index in [4.69, 9.17) is 4.42 Å². The molecule has 0 saturated carbocycles. The minimum Gasteiger partial charge on any atom is -0.459 e. The van der Waals surface area contributed by atoms with Crippen molar-refractivity contribution >= 4 is 5.91 Å². The maximum atomic E-state index is 12.4. The maximum absolute atomic E-state index is 12.4. The van der Waals surface area contributed by atoms with Gasteiger partial charge in [-0.3, -0.25) is 9.69 Å². The van der Waals surface area contributed by atoms with E-state index in [2.05, 4.69) is 20.9 Å². The zero-order valence-electron chi connectivity index (χ0n) is 13.4. The molecule has 0 unspecified atom stereocenters. The van der Waals surface area contributed by atoms with Gasteiger partial charge in [-0.2, -0.15) is 0 Å². The van der Waals surface area contributed by atoms with Gasteiger partial charge in [-0.15, -0.1) is 0 Å². The van der Waals surface area contributed by atoms with Crippen LogP contribution in [0.2, 0.25) is 0 Å². The quantitative estimate of drug-likeness (QED) is 0.831. The number of furan rings is 1. The molecule has 1 aliphatic rings. The number of imidazole rings is 1. The van der Waals surface area contributed by atoms with Gasteiger partial charge in [-0.25, -0.2) is 4.98 Å². The van der Waals surface area contributed by atoms with Gasteiger partial charge < -0.3 is 14.3 Å². The number of H-pyrrole nitrogens is 1. The van der Waals surface area contributed by atoms with Crippen LogP contribution in [0.4, 0.5) is 0 Å². The highest BCUT2D eigenvalue weighted by molar-refractivity contribution is 5.91. The summed E-state index contributed by atoms with van der Waals surface area (Å²) < 4.78 is 5.21. The molecule has 0 atom stereocenters. The van der Waals surface area contributed by atoms with Crippen LogP contribution in [0.3, 0.4) is 0 Å². The van der Waals surface area contributed by atoms with Crippen molar-refractivity contribution < 1.29 is 9.21 Å². The van der Waals surface area contributed by atoms with Crippen LogP contribution in [-0.2, 0) is 6.54 Å². The molecule has 0 fully saturated rings. The highest BCUT2D eigenvalue weighted by atomic mass is 16.3. The molecule has 6 nitrogen and oxygen atoms in total. The first-order valence-corrected chi connectivity index (χ1v) is 7.96. The van der Waals surface area contributed by atoms with Crippen LogP contribution in [-0.4, -0.2) is 51.9 Å². The van der Waals surface area contributed by atoms with Gasteiger partial charge in [-0.1, -0.05) is 11.6 Å². The SMILES string of the molecule is CCN(CC1=CCN(Cc2cnc[nH]2)CC1)C(=O)c1ccco1. The Bertz CT molecular complexity index is 646. The first-order valence-electron chi connectivity index (χ1n) is 7.96. The van der Waals surface area contributed by atoms with E-state index in [0.717, 1.165) is 31.7 Å². The highest BCUT2D eigenvalue weighted by Crippen LogP contribution is 2.16. The molecule has 3 rings (SSSR count). The molecule has 2 aromatic heterocycles. The lowest BCUT2D eigenvalue weighted by molar-refractivity contribution is 0.0743. The van der Waals surface area contributed by atoms with Crippen LogP contribution in [0.1, 0.15) is 29.6 Å². The van der Waals surface area contributed by atoms with Crippen LogP contribution < -0.4 is 0 Å². The summed E-state index contributed by atoms with van der Waals surface area (Å²) in [6.07, 6.45) is 8.32. The van der Waals surface area contributed by atoms with Crippen molar-refractivity contribution in [2.24, 2.45) is 0 Å². The van der Waals surface area contributed by atoms with Gasteiger partial charge in [0.1, 0.15) is 0 Å². The standard InChI is InChI=1S/C17H22N4O2/c1-2-21(17(22)16-4-3-9-23-16)11-14-5-7-20(8-6-14)12-15-10-18-13-19-15/h3-5,9-10,13H,2,6-8,11-12H2,1H3,(H,18,19). The van der Waals surface area contributed by atoms with Crippen LogP contribution in [0.5, 0.6) is 0 Å². The largest absolute Gasteiger partial charge is 0.459 e. The third-order valence-corrected chi connectivity index (χ3v) is 4.13. The number of hydrogen-bond donors (Lipinski definition) is 1. The van der Waals surface area contributed by atoms with E-state index < -0.39 is 0 Å². The number of carbonyl (C=O) groups is 1. The second kappa shape index (κ2) is 7.28. The molecule has 1 N–H and O–H groups in total. The van der Waals surface area contributed by atoms with Crippen molar-refractivity contribution in [1.82, 2.24) is 19.8 Å². The van der Waals surface area contributed by atoms with E-state index in [1.807, 2.05) is 18.0 Å². The van der Waals surface area contributed by atoms with Gasteiger partial charge in [-0.05, 0) is 25.5 Å². The minimum atomic E-state index is -0.0433. The zero-order valence-corrected chi connectivity index (χ0v) is 13.4. The van der Waals surface area contributed by atoms with E-state index in [1.165, 1.54) is 11.8 Å². The lowest BCUT2D eigenvalue weighted by atomic mass is 10.1. The summed E-state index contributed by atoms with van der Waals surface area (Å²) in [5.74, 6) is 0.363. The van der Waals surface area contributed by atoms with Gasteiger partial charge in [0.25, 0.3) is 5.91 Å². The maximum Gasteiger partial charge on any atom is 0.289 e. The van der Waals surface area contributed by atoms with Crippen molar-refractivity contribution in [3.63, 3.8) is 0 Å². The Balaban J connectivity index is 1.55. The van der Waals surface area contributed by atoms with Gasteiger partial charge in [0.2, 0.25) is 0 Å². The van der Waals surface area contributed by atoms with Crippen LogP contribution >= 0.6 is 0 Å². The van der Waals surface area contributed by atoms with E-state index >= 15 is 0 Å². The predicted octanol–water partition coefficient (Wildman–Crippen LogP) is 2.30. The van der Waals surface area contributed by atoms with Crippen molar-refractivity contribution in [1.29, 1.82) is 0 Å². The fraction of sp³-hybridized carbons (Fsp3) is 0.412. The predicted molar refractivity (Wildman–Crippen MR) is 86.9 cm³/mol. The van der Waals surface area contributed by atoms with Gasteiger partial charge in [0.05, 0.1) is 12.6 Å². The molecule has 0 saturated heterocycles. The molecular formula is C17H22N4O2. The summed E-state index contributed by atoms with van der Waals surface area (Å²) in [6.45, 7) is 6.13. The molecule has 3 heterocycles. The first-order chi connectivity index (χ1) is 11.3. The number of aromatic nitrogens is 2. The van der Waals surface area contributed by atoms with E-state index in [1.54, 1.807) is 18.5 Å². The second-order valence-corrected chi connectivity index (χ2v) is 5.72. The molecule has 0 bridgehead atoms. The molecule has 0 radical (unpaired) electrons. The molecule has 0 spiro atoms. The average Bonchev–Trinajstić information content (AvgIpc) is 3.27. The monoisotopic (exact) mass is 314 g/mol. The number of carbonyl (C=O) groups excluding carboxylic acids is 1. The Morgan fingerprint density at radius 3 is 3.04 bits per heavy atom. The first kappa shape index (κ1) is 15.6. The van der Waals surface area contributed by atoms with E-state index in [-0.39, 0.29) is 5.91 Å². The van der Waals surface area contributed by atoms with Crippen molar-refractivity contribution in [2.45, 2.75) is 19.9 Å². The number of aromatic amines is 1. The summed E-state index contributed by atoms with van der Waals surface area (Å²) in [6, 6.07) is 3.46. The van der Waals surface area contributed by atoms with Crippen LogP contribution in [0, 0.1) is 0 Å². The average molecular weight is 314 g/mol. The van der Waals surface area contributed by atoms with E-state index in [9.17, 15) is 4.79 Å². The Kier molecular flexibility index (Phi) is 4.92. The number of rotatable bonds is 6. The summed E-state index contributed by atoms with van der Waals surface area (Å²) in [5.41, 5.74) is 2.44. The topological polar surface area (TPSA) is 65.4 Å². The fourth-order valence-electron chi connectivity index (χ4n) is 2.78. The van der Waals surface area contributed by atoms with Crippen LogP contribution in [0.25, 0.3) is 0 Å². The molecule has 2 aromatic rings. The molecule has 1 aliphatic heterocycles. The summed E-state index contributed by atoms with van der Waals surface area (Å²) in [4.78, 5) is 23.7. The van der Waals surface area contributed by atoms with Crippen molar-refractivity contribution in [2.75, 3.05) is 26.2 Å². The zero-order chi connectivity index (χ0) is 16.1. The lowest BCUT2D eigenvalue weighted by Crippen LogP contribution is -2.35. The molecule has 0 aliphatic carbocycles. The van der Waals surface area contributed by atoms with Crippen molar-refractivity contribution in [3.05, 3.63) is 54.0 Å².